The molecule has 1 amide bonds. The van der Waals surface area contributed by atoms with E-state index in [0.29, 0.717) is 6.42 Å². The standard InChI is InChI=1S/C16H23FN2O/c1-2-5-16(20)19-12-10-18(11-13-19)9-8-14-6-3-4-7-15(14)17/h3-4,6-7H,2,5,8-13H2,1H3. The maximum absolute atomic E-state index is 13.5. The van der Waals surface area contributed by atoms with Gasteiger partial charge in [-0.3, -0.25) is 9.69 Å². The molecular weight excluding hydrogens is 255 g/mol. The fourth-order valence-corrected chi connectivity index (χ4v) is 2.57. The summed E-state index contributed by atoms with van der Waals surface area (Å²) in [6.07, 6.45) is 2.29. The number of hydrogen-bond donors (Lipinski definition) is 0. The predicted octanol–water partition coefficient (Wildman–Crippen LogP) is 2.31. The van der Waals surface area contributed by atoms with Crippen LogP contribution in [0.5, 0.6) is 0 Å². The molecule has 0 N–H and O–H groups in total. The first-order chi connectivity index (χ1) is 9.70. The van der Waals surface area contributed by atoms with E-state index in [1.165, 1.54) is 6.07 Å². The van der Waals surface area contributed by atoms with E-state index in [9.17, 15) is 9.18 Å². The predicted molar refractivity (Wildman–Crippen MR) is 78.0 cm³/mol. The summed E-state index contributed by atoms with van der Waals surface area (Å²) in [5, 5.41) is 0. The third-order valence-corrected chi connectivity index (χ3v) is 3.84. The van der Waals surface area contributed by atoms with Gasteiger partial charge in [0, 0.05) is 39.1 Å². The van der Waals surface area contributed by atoms with Gasteiger partial charge in [-0.05, 0) is 24.5 Å². The van der Waals surface area contributed by atoms with Crippen molar-refractivity contribution in [1.29, 1.82) is 0 Å². The lowest BCUT2D eigenvalue weighted by atomic mass is 10.1. The summed E-state index contributed by atoms with van der Waals surface area (Å²) >= 11 is 0. The summed E-state index contributed by atoms with van der Waals surface area (Å²) in [7, 11) is 0. The summed E-state index contributed by atoms with van der Waals surface area (Å²) in [4.78, 5) is 16.0. The molecule has 1 saturated heterocycles. The topological polar surface area (TPSA) is 23.6 Å². The van der Waals surface area contributed by atoms with Crippen LogP contribution in [0.25, 0.3) is 0 Å². The molecule has 0 atom stereocenters. The summed E-state index contributed by atoms with van der Waals surface area (Å²) in [6, 6.07) is 6.95. The first-order valence-corrected chi connectivity index (χ1v) is 7.44. The van der Waals surface area contributed by atoms with Crippen molar-refractivity contribution in [3.8, 4) is 0 Å². The lowest BCUT2D eigenvalue weighted by molar-refractivity contribution is -0.132. The highest BCUT2D eigenvalue weighted by Crippen LogP contribution is 2.10. The van der Waals surface area contributed by atoms with Gasteiger partial charge in [0.2, 0.25) is 5.91 Å². The first-order valence-electron chi connectivity index (χ1n) is 7.44. The molecule has 4 heteroatoms. The van der Waals surface area contributed by atoms with Gasteiger partial charge in [0.15, 0.2) is 0 Å². The van der Waals surface area contributed by atoms with Gasteiger partial charge in [-0.25, -0.2) is 4.39 Å². The number of hydrogen-bond acceptors (Lipinski definition) is 2. The van der Waals surface area contributed by atoms with E-state index >= 15 is 0 Å². The van der Waals surface area contributed by atoms with Gasteiger partial charge in [-0.15, -0.1) is 0 Å². The van der Waals surface area contributed by atoms with Gasteiger partial charge >= 0.3 is 0 Å². The van der Waals surface area contributed by atoms with Crippen molar-refractivity contribution in [2.75, 3.05) is 32.7 Å². The van der Waals surface area contributed by atoms with Crippen LogP contribution < -0.4 is 0 Å². The van der Waals surface area contributed by atoms with Crippen molar-refractivity contribution in [3.05, 3.63) is 35.6 Å². The van der Waals surface area contributed by atoms with E-state index in [1.807, 2.05) is 24.0 Å². The van der Waals surface area contributed by atoms with Gasteiger partial charge < -0.3 is 4.90 Å². The molecule has 1 heterocycles. The molecule has 0 radical (unpaired) electrons. The maximum Gasteiger partial charge on any atom is 0.222 e. The Morgan fingerprint density at radius 3 is 2.55 bits per heavy atom. The van der Waals surface area contributed by atoms with E-state index in [4.69, 9.17) is 0 Å². The van der Waals surface area contributed by atoms with E-state index in [2.05, 4.69) is 4.90 Å². The zero-order valence-corrected chi connectivity index (χ0v) is 12.1. The number of carbonyl (C=O) groups excluding carboxylic acids is 1. The van der Waals surface area contributed by atoms with Crippen LogP contribution in [0.4, 0.5) is 4.39 Å². The summed E-state index contributed by atoms with van der Waals surface area (Å²) in [5.74, 6) is 0.144. The molecule has 2 rings (SSSR count). The normalized spacial score (nSPS) is 16.4. The molecule has 1 aromatic rings. The Labute approximate surface area is 120 Å². The summed E-state index contributed by atoms with van der Waals surface area (Å²) in [6.45, 7) is 6.28. The van der Waals surface area contributed by atoms with Crippen LogP contribution in [-0.4, -0.2) is 48.4 Å². The molecule has 0 unspecified atom stereocenters. The Bertz CT molecular complexity index is 442. The molecule has 1 aliphatic heterocycles. The second-order valence-corrected chi connectivity index (χ2v) is 5.31. The zero-order chi connectivity index (χ0) is 14.4. The van der Waals surface area contributed by atoms with E-state index in [1.54, 1.807) is 6.07 Å². The maximum atomic E-state index is 13.5. The smallest absolute Gasteiger partial charge is 0.222 e. The molecule has 3 nitrogen and oxygen atoms in total. The minimum absolute atomic E-state index is 0.121. The Balaban J connectivity index is 1.75. The molecule has 0 spiro atoms. The number of carbonyl (C=O) groups is 1. The van der Waals surface area contributed by atoms with Crippen molar-refractivity contribution in [2.45, 2.75) is 26.2 Å². The Morgan fingerprint density at radius 1 is 1.20 bits per heavy atom. The number of halogens is 1. The molecule has 1 aromatic carbocycles. The SMILES string of the molecule is CCCC(=O)N1CCN(CCc2ccccc2F)CC1. The van der Waals surface area contributed by atoms with Gasteiger partial charge in [0.05, 0.1) is 0 Å². The molecule has 110 valence electrons. The van der Waals surface area contributed by atoms with Crippen molar-refractivity contribution in [3.63, 3.8) is 0 Å². The van der Waals surface area contributed by atoms with Gasteiger partial charge in [0.25, 0.3) is 0 Å². The molecule has 1 aliphatic rings. The van der Waals surface area contributed by atoms with Gasteiger partial charge in [-0.1, -0.05) is 25.1 Å². The lowest BCUT2D eigenvalue weighted by Crippen LogP contribution is -2.49. The van der Waals surface area contributed by atoms with Crippen LogP contribution >= 0.6 is 0 Å². The van der Waals surface area contributed by atoms with Crippen molar-refractivity contribution >= 4 is 5.91 Å². The zero-order valence-electron chi connectivity index (χ0n) is 12.1. The van der Waals surface area contributed by atoms with E-state index in [-0.39, 0.29) is 11.7 Å². The van der Waals surface area contributed by atoms with Crippen LogP contribution in [0, 0.1) is 5.82 Å². The molecule has 0 aromatic heterocycles. The fraction of sp³-hybridized carbons (Fsp3) is 0.562. The van der Waals surface area contributed by atoms with E-state index in [0.717, 1.165) is 51.1 Å². The largest absolute Gasteiger partial charge is 0.340 e. The molecule has 0 saturated carbocycles. The minimum Gasteiger partial charge on any atom is -0.340 e. The average Bonchev–Trinajstić information content (AvgIpc) is 2.47. The second kappa shape index (κ2) is 7.39. The third kappa shape index (κ3) is 4.04. The molecule has 0 aliphatic carbocycles. The Kier molecular flexibility index (Phi) is 5.53. The van der Waals surface area contributed by atoms with Crippen LogP contribution in [-0.2, 0) is 11.2 Å². The highest BCUT2D eigenvalue weighted by molar-refractivity contribution is 5.76. The molecular formula is C16H23FN2O. The van der Waals surface area contributed by atoms with Crippen molar-refractivity contribution in [1.82, 2.24) is 9.80 Å². The van der Waals surface area contributed by atoms with Crippen LogP contribution in [0.3, 0.4) is 0 Å². The fourth-order valence-electron chi connectivity index (χ4n) is 2.57. The highest BCUT2D eigenvalue weighted by atomic mass is 19.1. The Hall–Kier alpha value is -1.42. The highest BCUT2D eigenvalue weighted by Gasteiger charge is 2.20. The van der Waals surface area contributed by atoms with Gasteiger partial charge in [0.1, 0.15) is 5.82 Å². The van der Waals surface area contributed by atoms with Crippen LogP contribution in [0.15, 0.2) is 24.3 Å². The lowest BCUT2D eigenvalue weighted by Gasteiger charge is -2.34. The van der Waals surface area contributed by atoms with Crippen molar-refractivity contribution < 1.29 is 9.18 Å². The quantitative estimate of drug-likeness (QED) is 0.825. The summed E-state index contributed by atoms with van der Waals surface area (Å²) < 4.78 is 13.5. The average molecular weight is 278 g/mol. The second-order valence-electron chi connectivity index (χ2n) is 5.31. The number of nitrogens with zero attached hydrogens (tertiary/aromatic N) is 2. The monoisotopic (exact) mass is 278 g/mol. The molecule has 0 bridgehead atoms. The van der Waals surface area contributed by atoms with Gasteiger partial charge in [-0.2, -0.15) is 0 Å². The molecule has 20 heavy (non-hydrogen) atoms. The van der Waals surface area contributed by atoms with Crippen molar-refractivity contribution in [2.24, 2.45) is 0 Å². The third-order valence-electron chi connectivity index (χ3n) is 3.84. The Morgan fingerprint density at radius 2 is 1.90 bits per heavy atom. The number of amides is 1. The van der Waals surface area contributed by atoms with E-state index < -0.39 is 0 Å². The molecule has 1 fully saturated rings. The van der Waals surface area contributed by atoms with Crippen LogP contribution in [0.1, 0.15) is 25.3 Å². The van der Waals surface area contributed by atoms with Crippen LogP contribution in [0.2, 0.25) is 0 Å². The summed E-state index contributed by atoms with van der Waals surface area (Å²) in [5.41, 5.74) is 0.775. The first kappa shape index (κ1) is 15.0. The number of rotatable bonds is 5. The number of benzene rings is 1. The number of piperazine rings is 1. The minimum atomic E-state index is -0.121.